The van der Waals surface area contributed by atoms with Gasteiger partial charge in [0.2, 0.25) is 5.95 Å². The molecule has 1 aliphatic rings. The van der Waals surface area contributed by atoms with Crippen molar-refractivity contribution in [3.05, 3.63) is 11.4 Å². The van der Waals surface area contributed by atoms with Crippen LogP contribution in [0.25, 0.3) is 10.2 Å². The standard InChI is InChI=1S/C14H20N4S2/c1-3-19-10-5-4-9(8-10)16-12-11-6-7-20-13(11)18-14(15-2)17-12/h6-7,9-10H,3-5,8H2,1-2H3,(H2,15,16,17,18). The summed E-state index contributed by atoms with van der Waals surface area (Å²) < 4.78 is 0. The number of aromatic nitrogens is 2. The molecule has 0 bridgehead atoms. The van der Waals surface area contributed by atoms with E-state index in [0.717, 1.165) is 21.3 Å². The number of rotatable bonds is 5. The summed E-state index contributed by atoms with van der Waals surface area (Å²) in [6, 6.07) is 2.65. The number of thioether (sulfide) groups is 1. The minimum absolute atomic E-state index is 0.543. The van der Waals surface area contributed by atoms with E-state index in [2.05, 4.69) is 50.7 Å². The summed E-state index contributed by atoms with van der Waals surface area (Å²) in [5, 5.41) is 10.7. The fourth-order valence-electron chi connectivity index (χ4n) is 2.73. The average Bonchev–Trinajstić information content (AvgIpc) is 3.08. The van der Waals surface area contributed by atoms with Crippen LogP contribution in [0.15, 0.2) is 11.4 Å². The molecule has 2 aromatic rings. The van der Waals surface area contributed by atoms with Crippen molar-refractivity contribution in [1.29, 1.82) is 0 Å². The van der Waals surface area contributed by atoms with Crippen LogP contribution in [0, 0.1) is 0 Å². The van der Waals surface area contributed by atoms with Gasteiger partial charge < -0.3 is 10.6 Å². The van der Waals surface area contributed by atoms with Gasteiger partial charge >= 0.3 is 0 Å². The molecule has 2 unspecified atom stereocenters. The highest BCUT2D eigenvalue weighted by Crippen LogP contribution is 2.33. The number of thiophene rings is 1. The van der Waals surface area contributed by atoms with E-state index in [1.54, 1.807) is 11.3 Å². The first-order valence-electron chi connectivity index (χ1n) is 7.11. The largest absolute Gasteiger partial charge is 0.367 e. The normalized spacial score (nSPS) is 22.3. The van der Waals surface area contributed by atoms with E-state index in [1.807, 2.05) is 7.05 Å². The van der Waals surface area contributed by atoms with Gasteiger partial charge in [-0.2, -0.15) is 16.7 Å². The van der Waals surface area contributed by atoms with E-state index >= 15 is 0 Å². The van der Waals surface area contributed by atoms with Gasteiger partial charge in [0.1, 0.15) is 10.6 Å². The molecule has 1 aliphatic carbocycles. The van der Waals surface area contributed by atoms with Crippen LogP contribution < -0.4 is 10.6 Å². The number of nitrogens with zero attached hydrogens (tertiary/aromatic N) is 2. The lowest BCUT2D eigenvalue weighted by Crippen LogP contribution is -2.17. The Hall–Kier alpha value is -1.01. The van der Waals surface area contributed by atoms with E-state index < -0.39 is 0 Å². The molecular formula is C14H20N4S2. The third-order valence-corrected chi connectivity index (χ3v) is 5.72. The summed E-state index contributed by atoms with van der Waals surface area (Å²) >= 11 is 3.75. The van der Waals surface area contributed by atoms with E-state index in [4.69, 9.17) is 0 Å². The van der Waals surface area contributed by atoms with Gasteiger partial charge in [-0.25, -0.2) is 4.98 Å². The quantitative estimate of drug-likeness (QED) is 0.879. The van der Waals surface area contributed by atoms with Gasteiger partial charge in [-0.3, -0.25) is 0 Å². The maximum absolute atomic E-state index is 4.59. The number of nitrogens with one attached hydrogen (secondary N) is 2. The lowest BCUT2D eigenvalue weighted by atomic mass is 10.2. The summed E-state index contributed by atoms with van der Waals surface area (Å²) in [5.41, 5.74) is 0. The number of hydrogen-bond acceptors (Lipinski definition) is 6. The van der Waals surface area contributed by atoms with Crippen molar-refractivity contribution in [1.82, 2.24) is 9.97 Å². The molecule has 0 aliphatic heterocycles. The minimum atomic E-state index is 0.543. The van der Waals surface area contributed by atoms with Crippen LogP contribution in [-0.2, 0) is 0 Å². The zero-order valence-corrected chi connectivity index (χ0v) is 13.5. The van der Waals surface area contributed by atoms with Gasteiger partial charge in [0.15, 0.2) is 0 Å². The van der Waals surface area contributed by atoms with Gasteiger partial charge in [-0.05, 0) is 36.5 Å². The highest BCUT2D eigenvalue weighted by atomic mass is 32.2. The summed E-state index contributed by atoms with van der Waals surface area (Å²) in [5.74, 6) is 2.89. The Kier molecular flexibility index (Phi) is 4.31. The zero-order chi connectivity index (χ0) is 13.9. The van der Waals surface area contributed by atoms with E-state index in [0.29, 0.717) is 12.0 Å². The zero-order valence-electron chi connectivity index (χ0n) is 11.8. The first-order valence-corrected chi connectivity index (χ1v) is 9.04. The molecule has 2 N–H and O–H groups in total. The van der Waals surface area contributed by atoms with E-state index in [9.17, 15) is 0 Å². The Bertz CT molecular complexity index is 584. The Morgan fingerprint density at radius 2 is 2.30 bits per heavy atom. The molecule has 0 radical (unpaired) electrons. The van der Waals surface area contributed by atoms with Crippen molar-refractivity contribution in [3.8, 4) is 0 Å². The van der Waals surface area contributed by atoms with Gasteiger partial charge in [-0.15, -0.1) is 11.3 Å². The van der Waals surface area contributed by atoms with E-state index in [1.165, 1.54) is 25.0 Å². The van der Waals surface area contributed by atoms with Crippen molar-refractivity contribution >= 4 is 45.1 Å². The highest BCUT2D eigenvalue weighted by Gasteiger charge is 2.25. The van der Waals surface area contributed by atoms with Gasteiger partial charge in [0.05, 0.1) is 5.39 Å². The van der Waals surface area contributed by atoms with Crippen LogP contribution in [0.3, 0.4) is 0 Å². The maximum atomic E-state index is 4.59. The number of fused-ring (bicyclic) bond motifs is 1. The van der Waals surface area contributed by atoms with Crippen LogP contribution in [-0.4, -0.2) is 34.1 Å². The van der Waals surface area contributed by atoms with Crippen LogP contribution >= 0.6 is 23.1 Å². The maximum Gasteiger partial charge on any atom is 0.225 e. The molecule has 4 nitrogen and oxygen atoms in total. The second kappa shape index (κ2) is 6.18. The monoisotopic (exact) mass is 308 g/mol. The van der Waals surface area contributed by atoms with Crippen LogP contribution in [0.4, 0.5) is 11.8 Å². The molecule has 1 fully saturated rings. The summed E-state index contributed by atoms with van der Waals surface area (Å²) in [7, 11) is 1.86. The van der Waals surface area contributed by atoms with Gasteiger partial charge in [0.25, 0.3) is 0 Å². The van der Waals surface area contributed by atoms with Crippen LogP contribution in [0.5, 0.6) is 0 Å². The molecule has 2 aromatic heterocycles. The van der Waals surface area contributed by atoms with Crippen molar-refractivity contribution in [2.75, 3.05) is 23.4 Å². The Morgan fingerprint density at radius 3 is 3.10 bits per heavy atom. The predicted octanol–water partition coefficient (Wildman–Crippen LogP) is 3.82. The first kappa shape index (κ1) is 13.9. The molecule has 6 heteroatoms. The third-order valence-electron chi connectivity index (χ3n) is 3.68. The lowest BCUT2D eigenvalue weighted by Gasteiger charge is -2.15. The Balaban J connectivity index is 1.78. The summed E-state index contributed by atoms with van der Waals surface area (Å²) in [6.07, 6.45) is 3.79. The molecule has 0 amide bonds. The van der Waals surface area contributed by atoms with Crippen molar-refractivity contribution in [2.45, 2.75) is 37.5 Å². The van der Waals surface area contributed by atoms with Gasteiger partial charge in [-0.1, -0.05) is 6.92 Å². The Morgan fingerprint density at radius 1 is 1.40 bits per heavy atom. The van der Waals surface area contributed by atoms with Crippen molar-refractivity contribution < 1.29 is 0 Å². The number of anilines is 2. The average molecular weight is 308 g/mol. The van der Waals surface area contributed by atoms with Crippen molar-refractivity contribution in [2.24, 2.45) is 0 Å². The van der Waals surface area contributed by atoms with Crippen LogP contribution in [0.2, 0.25) is 0 Å². The van der Waals surface area contributed by atoms with Gasteiger partial charge in [0, 0.05) is 18.3 Å². The molecule has 108 valence electrons. The fraction of sp³-hybridized carbons (Fsp3) is 0.571. The summed E-state index contributed by atoms with van der Waals surface area (Å²) in [4.78, 5) is 10.1. The highest BCUT2D eigenvalue weighted by molar-refractivity contribution is 7.99. The predicted molar refractivity (Wildman–Crippen MR) is 90.1 cm³/mol. The number of hydrogen-bond donors (Lipinski definition) is 2. The SMILES string of the molecule is CCSC1CCC(Nc2nc(NC)nc3sccc23)C1. The summed E-state index contributed by atoms with van der Waals surface area (Å²) in [6.45, 7) is 2.24. The molecule has 2 heterocycles. The smallest absolute Gasteiger partial charge is 0.225 e. The molecular weight excluding hydrogens is 288 g/mol. The molecule has 0 spiro atoms. The fourth-order valence-corrected chi connectivity index (χ4v) is 4.64. The molecule has 1 saturated carbocycles. The van der Waals surface area contributed by atoms with Crippen LogP contribution in [0.1, 0.15) is 26.2 Å². The third kappa shape index (κ3) is 2.86. The second-order valence-corrected chi connectivity index (χ2v) is 7.49. The molecule has 0 aromatic carbocycles. The Labute approximate surface area is 127 Å². The lowest BCUT2D eigenvalue weighted by molar-refractivity contribution is 0.753. The topological polar surface area (TPSA) is 49.8 Å². The minimum Gasteiger partial charge on any atom is -0.367 e. The molecule has 2 atom stereocenters. The molecule has 0 saturated heterocycles. The van der Waals surface area contributed by atoms with Crippen molar-refractivity contribution in [3.63, 3.8) is 0 Å². The first-order chi connectivity index (χ1) is 9.80. The second-order valence-electron chi connectivity index (χ2n) is 5.02. The molecule has 20 heavy (non-hydrogen) atoms. The van der Waals surface area contributed by atoms with E-state index in [-0.39, 0.29) is 0 Å². The molecule has 3 rings (SSSR count).